The molecule has 2 aromatic carbocycles. The van der Waals surface area contributed by atoms with Crippen LogP contribution in [-0.2, 0) is 0 Å². The number of nitrogens with one attached hydrogen (secondary N) is 1. The number of rotatable bonds is 4. The number of nitrogens with zero attached hydrogens (tertiary/aromatic N) is 3. The summed E-state index contributed by atoms with van der Waals surface area (Å²) >= 11 is 5.95. The molecule has 0 saturated heterocycles. The molecule has 4 aromatic rings. The molecule has 0 spiro atoms. The molecule has 1 N–H and O–H groups in total. The van der Waals surface area contributed by atoms with Crippen LogP contribution in [0.2, 0.25) is 5.02 Å². The SMILES string of the molecule is O=C(Nc1ccc(-n2ccnc2)c(F)c1)c1cc(-c2cccc(Cl)c2)on1. The normalized spacial score (nSPS) is 10.7. The van der Waals surface area contributed by atoms with E-state index in [2.05, 4.69) is 15.5 Å². The predicted molar refractivity (Wildman–Crippen MR) is 98.4 cm³/mol. The number of amides is 1. The van der Waals surface area contributed by atoms with Gasteiger partial charge in [-0.05, 0) is 30.3 Å². The number of carbonyl (C=O) groups excluding carboxylic acids is 1. The monoisotopic (exact) mass is 382 g/mol. The van der Waals surface area contributed by atoms with Crippen molar-refractivity contribution in [1.29, 1.82) is 0 Å². The van der Waals surface area contributed by atoms with Crippen LogP contribution in [0.3, 0.4) is 0 Å². The Morgan fingerprint density at radius 1 is 1.19 bits per heavy atom. The average molecular weight is 383 g/mol. The fourth-order valence-electron chi connectivity index (χ4n) is 2.55. The van der Waals surface area contributed by atoms with Crippen molar-refractivity contribution in [2.45, 2.75) is 0 Å². The Balaban J connectivity index is 1.52. The minimum absolute atomic E-state index is 0.0732. The molecule has 0 fully saturated rings. The van der Waals surface area contributed by atoms with Crippen LogP contribution >= 0.6 is 11.6 Å². The number of aromatic nitrogens is 3. The van der Waals surface area contributed by atoms with E-state index in [4.69, 9.17) is 16.1 Å². The lowest BCUT2D eigenvalue weighted by Gasteiger charge is -2.07. The lowest BCUT2D eigenvalue weighted by atomic mass is 10.1. The van der Waals surface area contributed by atoms with Crippen molar-refractivity contribution in [2.75, 3.05) is 5.32 Å². The predicted octanol–water partition coefficient (Wildman–Crippen LogP) is 4.57. The molecular weight excluding hydrogens is 371 g/mol. The molecule has 27 heavy (non-hydrogen) atoms. The van der Waals surface area contributed by atoms with E-state index in [-0.39, 0.29) is 5.69 Å². The molecule has 0 saturated carbocycles. The lowest BCUT2D eigenvalue weighted by molar-refractivity contribution is 0.101. The Hall–Kier alpha value is -3.45. The van der Waals surface area contributed by atoms with Crippen molar-refractivity contribution in [3.63, 3.8) is 0 Å². The van der Waals surface area contributed by atoms with Gasteiger partial charge >= 0.3 is 0 Å². The van der Waals surface area contributed by atoms with E-state index in [9.17, 15) is 9.18 Å². The second kappa shape index (κ2) is 7.05. The van der Waals surface area contributed by atoms with Crippen molar-refractivity contribution in [1.82, 2.24) is 14.7 Å². The first-order chi connectivity index (χ1) is 13.1. The zero-order valence-corrected chi connectivity index (χ0v) is 14.5. The van der Waals surface area contributed by atoms with Gasteiger partial charge in [0.15, 0.2) is 11.5 Å². The van der Waals surface area contributed by atoms with E-state index in [1.807, 2.05) is 0 Å². The van der Waals surface area contributed by atoms with Crippen molar-refractivity contribution >= 4 is 23.2 Å². The summed E-state index contributed by atoms with van der Waals surface area (Å²) in [4.78, 5) is 16.2. The molecule has 0 radical (unpaired) electrons. The van der Waals surface area contributed by atoms with Crippen LogP contribution in [0.25, 0.3) is 17.0 Å². The quantitative estimate of drug-likeness (QED) is 0.561. The van der Waals surface area contributed by atoms with Gasteiger partial charge < -0.3 is 14.4 Å². The number of hydrogen-bond donors (Lipinski definition) is 1. The highest BCUT2D eigenvalue weighted by Gasteiger charge is 2.15. The van der Waals surface area contributed by atoms with Gasteiger partial charge in [-0.1, -0.05) is 28.9 Å². The molecule has 0 aliphatic rings. The van der Waals surface area contributed by atoms with Gasteiger partial charge in [0.1, 0.15) is 5.82 Å². The van der Waals surface area contributed by atoms with E-state index in [1.165, 1.54) is 23.0 Å². The van der Waals surface area contributed by atoms with Gasteiger partial charge in [-0.25, -0.2) is 9.37 Å². The lowest BCUT2D eigenvalue weighted by Crippen LogP contribution is -2.12. The Bertz CT molecular complexity index is 1110. The fraction of sp³-hybridized carbons (Fsp3) is 0. The second-order valence-corrected chi connectivity index (χ2v) is 6.11. The molecule has 0 aliphatic heterocycles. The smallest absolute Gasteiger partial charge is 0.277 e. The summed E-state index contributed by atoms with van der Waals surface area (Å²) in [5, 5.41) is 6.90. The number of carbonyl (C=O) groups is 1. The first kappa shape index (κ1) is 17.0. The second-order valence-electron chi connectivity index (χ2n) is 5.68. The summed E-state index contributed by atoms with van der Waals surface area (Å²) < 4.78 is 21.0. The van der Waals surface area contributed by atoms with Crippen LogP contribution in [0, 0.1) is 5.82 Å². The first-order valence-electron chi connectivity index (χ1n) is 7.92. The molecule has 1 amide bonds. The van der Waals surface area contributed by atoms with Crippen LogP contribution in [0.15, 0.2) is 71.8 Å². The Morgan fingerprint density at radius 3 is 2.81 bits per heavy atom. The highest BCUT2D eigenvalue weighted by atomic mass is 35.5. The third-order valence-electron chi connectivity index (χ3n) is 3.84. The van der Waals surface area contributed by atoms with E-state index in [0.717, 1.165) is 0 Å². The number of anilines is 1. The molecule has 0 atom stereocenters. The third-order valence-corrected chi connectivity index (χ3v) is 4.08. The molecule has 134 valence electrons. The van der Waals surface area contributed by atoms with E-state index in [0.29, 0.717) is 27.7 Å². The maximum atomic E-state index is 14.3. The number of hydrogen-bond acceptors (Lipinski definition) is 4. The fourth-order valence-corrected chi connectivity index (χ4v) is 2.74. The van der Waals surface area contributed by atoms with Gasteiger partial charge in [-0.3, -0.25) is 4.79 Å². The summed E-state index contributed by atoms with van der Waals surface area (Å²) in [6.07, 6.45) is 4.67. The van der Waals surface area contributed by atoms with Crippen molar-refractivity contribution < 1.29 is 13.7 Å². The van der Waals surface area contributed by atoms with Gasteiger partial charge in [0.25, 0.3) is 5.91 Å². The number of benzene rings is 2. The highest BCUT2D eigenvalue weighted by Crippen LogP contribution is 2.24. The van der Waals surface area contributed by atoms with E-state index in [1.54, 1.807) is 48.8 Å². The van der Waals surface area contributed by atoms with Gasteiger partial charge in [0.05, 0.1) is 12.0 Å². The van der Waals surface area contributed by atoms with Crippen LogP contribution < -0.4 is 5.32 Å². The Morgan fingerprint density at radius 2 is 2.07 bits per heavy atom. The van der Waals surface area contributed by atoms with Crippen LogP contribution in [0.5, 0.6) is 0 Å². The molecule has 2 heterocycles. The summed E-state index contributed by atoms with van der Waals surface area (Å²) in [5.74, 6) is -0.600. The molecule has 2 aromatic heterocycles. The van der Waals surface area contributed by atoms with E-state index < -0.39 is 11.7 Å². The van der Waals surface area contributed by atoms with Gasteiger partial charge in [0.2, 0.25) is 0 Å². The van der Waals surface area contributed by atoms with Crippen molar-refractivity contribution in [3.05, 3.63) is 83.8 Å². The topological polar surface area (TPSA) is 73.0 Å². The maximum Gasteiger partial charge on any atom is 0.277 e. The standard InChI is InChI=1S/C19H12ClFN4O2/c20-13-3-1-2-12(8-13)18-10-16(24-27-18)19(26)23-14-4-5-17(15(21)9-14)25-7-6-22-11-25/h1-11H,(H,23,26). The van der Waals surface area contributed by atoms with Crippen molar-refractivity contribution in [3.8, 4) is 17.0 Å². The average Bonchev–Trinajstić information content (AvgIpc) is 3.34. The van der Waals surface area contributed by atoms with Gasteiger partial charge in [-0.15, -0.1) is 0 Å². The van der Waals surface area contributed by atoms with E-state index >= 15 is 0 Å². The highest BCUT2D eigenvalue weighted by molar-refractivity contribution is 6.30. The van der Waals surface area contributed by atoms with Crippen LogP contribution in [-0.4, -0.2) is 20.6 Å². The first-order valence-corrected chi connectivity index (χ1v) is 8.30. The van der Waals surface area contributed by atoms with Crippen LogP contribution in [0.1, 0.15) is 10.5 Å². The molecule has 6 nitrogen and oxygen atoms in total. The Labute approximate surface area is 158 Å². The molecule has 4 rings (SSSR count). The van der Waals surface area contributed by atoms with Crippen molar-refractivity contribution in [2.24, 2.45) is 0 Å². The minimum Gasteiger partial charge on any atom is -0.355 e. The number of halogens is 2. The largest absolute Gasteiger partial charge is 0.355 e. The summed E-state index contributed by atoms with van der Waals surface area (Å²) in [6.45, 7) is 0. The van der Waals surface area contributed by atoms with Gasteiger partial charge in [0, 0.05) is 34.7 Å². The molecular formula is C19H12ClFN4O2. The molecule has 8 heteroatoms. The summed E-state index contributed by atoms with van der Waals surface area (Å²) in [6, 6.07) is 12.9. The maximum absolute atomic E-state index is 14.3. The minimum atomic E-state index is -0.512. The molecule has 0 unspecified atom stereocenters. The zero-order chi connectivity index (χ0) is 18.8. The molecule has 0 aliphatic carbocycles. The number of imidazole rings is 1. The summed E-state index contributed by atoms with van der Waals surface area (Å²) in [7, 11) is 0. The third kappa shape index (κ3) is 3.58. The Kier molecular flexibility index (Phi) is 4.43. The van der Waals surface area contributed by atoms with Gasteiger partial charge in [-0.2, -0.15) is 0 Å². The molecule has 0 bridgehead atoms. The zero-order valence-electron chi connectivity index (χ0n) is 13.8. The van der Waals surface area contributed by atoms with Crippen LogP contribution in [0.4, 0.5) is 10.1 Å². The summed E-state index contributed by atoms with van der Waals surface area (Å²) in [5.41, 5.74) is 1.40.